The topological polar surface area (TPSA) is 77.1 Å². The first-order chi connectivity index (χ1) is 14.4. The quantitative estimate of drug-likeness (QED) is 0.644. The summed E-state index contributed by atoms with van der Waals surface area (Å²) >= 11 is 1.75. The average molecular weight is 436 g/mol. The summed E-state index contributed by atoms with van der Waals surface area (Å²) in [6.07, 6.45) is -0.566. The summed E-state index contributed by atoms with van der Waals surface area (Å²) in [5.41, 5.74) is 1.01. The number of thioether (sulfide) groups is 1. The third-order valence-corrected chi connectivity index (χ3v) is 7.19. The van der Waals surface area contributed by atoms with E-state index in [1.165, 1.54) is 4.90 Å². The van der Waals surface area contributed by atoms with Crippen LogP contribution in [0.4, 0.5) is 4.79 Å². The molecule has 0 saturated carbocycles. The minimum atomic E-state index is -0.371. The molecule has 0 spiro atoms. The maximum Gasteiger partial charge on any atom is 0.327 e. The van der Waals surface area contributed by atoms with Crippen LogP contribution in [0.3, 0.4) is 0 Å². The van der Waals surface area contributed by atoms with Crippen LogP contribution in [0.2, 0.25) is 0 Å². The Morgan fingerprint density at radius 1 is 1.17 bits per heavy atom. The first-order valence-electron chi connectivity index (χ1n) is 10.5. The number of ether oxygens (including phenoxy) is 1. The molecular formula is C21H33N5O3S. The molecule has 4 atom stereocenters. The molecule has 166 valence electrons. The number of fused-ring (bicyclic) bond motifs is 1. The van der Waals surface area contributed by atoms with Crippen LogP contribution in [-0.4, -0.2) is 84.8 Å². The molecule has 1 aromatic rings. The van der Waals surface area contributed by atoms with Gasteiger partial charge >= 0.3 is 6.03 Å². The maximum atomic E-state index is 13.0. The van der Waals surface area contributed by atoms with Crippen molar-refractivity contribution in [2.45, 2.75) is 31.6 Å². The van der Waals surface area contributed by atoms with Crippen LogP contribution in [-0.2, 0) is 4.79 Å². The van der Waals surface area contributed by atoms with E-state index in [1.807, 2.05) is 24.3 Å². The number of hydrogen-bond acceptors (Lipinski definition) is 7. The molecule has 3 amide bonds. The molecule has 3 rings (SSSR count). The van der Waals surface area contributed by atoms with Crippen LogP contribution >= 0.6 is 11.8 Å². The molecule has 0 bridgehead atoms. The first-order valence-corrected chi connectivity index (χ1v) is 11.5. The van der Waals surface area contributed by atoms with Crippen molar-refractivity contribution in [3.8, 4) is 5.75 Å². The summed E-state index contributed by atoms with van der Waals surface area (Å²) < 4.78 is 5.37. The van der Waals surface area contributed by atoms with Crippen LogP contribution in [0, 0.1) is 5.92 Å². The monoisotopic (exact) mass is 435 g/mol. The number of imide groups is 1. The van der Waals surface area contributed by atoms with Crippen molar-refractivity contribution in [3.63, 3.8) is 0 Å². The van der Waals surface area contributed by atoms with Gasteiger partial charge in [0.05, 0.1) is 30.7 Å². The number of benzene rings is 1. The number of nitrogens with one attached hydrogen (secondary N) is 2. The second-order valence-corrected chi connectivity index (χ2v) is 8.87. The predicted octanol–water partition coefficient (Wildman–Crippen LogP) is 1.75. The van der Waals surface area contributed by atoms with Crippen molar-refractivity contribution in [1.82, 2.24) is 25.3 Å². The summed E-state index contributed by atoms with van der Waals surface area (Å²) in [6.45, 7) is 7.30. The van der Waals surface area contributed by atoms with Crippen molar-refractivity contribution in [1.29, 1.82) is 0 Å². The van der Waals surface area contributed by atoms with E-state index in [1.54, 1.807) is 37.9 Å². The van der Waals surface area contributed by atoms with Gasteiger partial charge in [-0.2, -0.15) is 0 Å². The molecule has 2 aliphatic heterocycles. The summed E-state index contributed by atoms with van der Waals surface area (Å²) in [5.74, 6) is 1.17. The third kappa shape index (κ3) is 4.59. The summed E-state index contributed by atoms with van der Waals surface area (Å²) in [5, 5.41) is 6.96. The number of rotatable bonds is 8. The molecule has 2 N–H and O–H groups in total. The summed E-state index contributed by atoms with van der Waals surface area (Å²) in [4.78, 5) is 30.8. The van der Waals surface area contributed by atoms with E-state index in [0.29, 0.717) is 0 Å². The Bertz CT molecular complexity index is 760. The van der Waals surface area contributed by atoms with Gasteiger partial charge in [-0.05, 0) is 30.8 Å². The van der Waals surface area contributed by atoms with Gasteiger partial charge in [0.2, 0.25) is 5.91 Å². The van der Waals surface area contributed by atoms with Crippen LogP contribution in [0.25, 0.3) is 0 Å². The molecule has 0 aliphatic carbocycles. The molecule has 4 unspecified atom stereocenters. The lowest BCUT2D eigenvalue weighted by Crippen LogP contribution is -2.72. The summed E-state index contributed by atoms with van der Waals surface area (Å²) in [7, 11) is 4.95. The summed E-state index contributed by atoms with van der Waals surface area (Å²) in [6, 6.07) is 7.55. The van der Waals surface area contributed by atoms with Gasteiger partial charge in [-0.1, -0.05) is 26.0 Å². The zero-order valence-corrected chi connectivity index (χ0v) is 19.2. The van der Waals surface area contributed by atoms with Gasteiger partial charge in [-0.3, -0.25) is 20.3 Å². The average Bonchev–Trinajstić information content (AvgIpc) is 2.78. The van der Waals surface area contributed by atoms with E-state index >= 15 is 0 Å². The number of carbonyl (C=O) groups is 2. The van der Waals surface area contributed by atoms with Crippen molar-refractivity contribution in [2.24, 2.45) is 5.92 Å². The molecule has 8 nitrogen and oxygen atoms in total. The van der Waals surface area contributed by atoms with Gasteiger partial charge in [0, 0.05) is 26.4 Å². The molecule has 30 heavy (non-hydrogen) atoms. The van der Waals surface area contributed by atoms with E-state index in [9.17, 15) is 9.59 Å². The second kappa shape index (κ2) is 10.00. The smallest absolute Gasteiger partial charge is 0.327 e. The number of methoxy groups -OCH3 is 1. The predicted molar refractivity (Wildman–Crippen MR) is 119 cm³/mol. The maximum absolute atomic E-state index is 13.0. The fraction of sp³-hybridized carbons (Fsp3) is 0.619. The molecule has 0 aromatic heterocycles. The normalized spacial score (nSPS) is 26.9. The van der Waals surface area contributed by atoms with Crippen molar-refractivity contribution in [2.75, 3.05) is 46.6 Å². The van der Waals surface area contributed by atoms with E-state index in [4.69, 9.17) is 4.74 Å². The zero-order chi connectivity index (χ0) is 21.8. The van der Waals surface area contributed by atoms with E-state index in [-0.39, 0.29) is 35.6 Å². The van der Waals surface area contributed by atoms with Gasteiger partial charge in [-0.25, -0.2) is 4.79 Å². The lowest BCUT2D eigenvalue weighted by Gasteiger charge is -2.50. The Hall–Kier alpha value is -1.81. The van der Waals surface area contributed by atoms with Gasteiger partial charge in [0.15, 0.2) is 0 Å². The van der Waals surface area contributed by atoms with Crippen molar-refractivity contribution < 1.29 is 14.3 Å². The number of carbonyl (C=O) groups excluding carboxylic acids is 2. The zero-order valence-electron chi connectivity index (χ0n) is 18.4. The first kappa shape index (κ1) is 22.9. The third-order valence-electron chi connectivity index (χ3n) is 5.98. The van der Waals surface area contributed by atoms with Crippen LogP contribution in [0.15, 0.2) is 24.3 Å². The Kier molecular flexibility index (Phi) is 7.62. The molecular weight excluding hydrogens is 402 g/mol. The molecule has 0 radical (unpaired) electrons. The highest BCUT2D eigenvalue weighted by atomic mass is 32.2. The van der Waals surface area contributed by atoms with E-state index < -0.39 is 0 Å². The minimum Gasteiger partial charge on any atom is -0.497 e. The highest BCUT2D eigenvalue weighted by molar-refractivity contribution is 7.99. The number of amides is 3. The van der Waals surface area contributed by atoms with Crippen LogP contribution in [0.5, 0.6) is 5.75 Å². The minimum absolute atomic E-state index is 0.117. The molecule has 1 aromatic carbocycles. The van der Waals surface area contributed by atoms with Crippen LogP contribution < -0.4 is 15.4 Å². The number of nitrogens with zero attached hydrogens (tertiary/aromatic N) is 3. The fourth-order valence-electron chi connectivity index (χ4n) is 4.06. The fourth-order valence-corrected chi connectivity index (χ4v) is 5.38. The SMILES string of the molecule is CCN(CC)CCSC1NC(c2cccc(OC)c2)NC2C1C(=O)N(C)C(=O)N2C. The Morgan fingerprint density at radius 2 is 1.90 bits per heavy atom. The van der Waals surface area contributed by atoms with Crippen molar-refractivity contribution in [3.05, 3.63) is 29.8 Å². The van der Waals surface area contributed by atoms with Gasteiger partial charge < -0.3 is 14.5 Å². The van der Waals surface area contributed by atoms with Gasteiger partial charge in [0.1, 0.15) is 5.75 Å². The Balaban J connectivity index is 1.84. The molecule has 2 heterocycles. The highest BCUT2D eigenvalue weighted by Crippen LogP contribution is 2.34. The van der Waals surface area contributed by atoms with Gasteiger partial charge in [-0.15, -0.1) is 11.8 Å². The van der Waals surface area contributed by atoms with Gasteiger partial charge in [0.25, 0.3) is 0 Å². The largest absolute Gasteiger partial charge is 0.497 e. The standard InChI is InChI=1S/C21H33N5O3S/c1-6-26(7-2)11-12-30-19-16-18(24(3)21(28)25(4)20(16)27)22-17(23-19)14-9-8-10-15(13-14)29-5/h8-10,13,16-19,22-23H,6-7,11-12H2,1-5H3. The van der Waals surface area contributed by atoms with Crippen molar-refractivity contribution >= 4 is 23.7 Å². The lowest BCUT2D eigenvalue weighted by atomic mass is 9.96. The Labute approximate surface area is 183 Å². The Morgan fingerprint density at radius 3 is 2.57 bits per heavy atom. The molecule has 2 fully saturated rings. The molecule has 2 saturated heterocycles. The lowest BCUT2D eigenvalue weighted by molar-refractivity contribution is -0.140. The van der Waals surface area contributed by atoms with Crippen LogP contribution in [0.1, 0.15) is 25.6 Å². The molecule has 2 aliphatic rings. The number of hydrogen-bond donors (Lipinski definition) is 2. The molecule has 9 heteroatoms. The van der Waals surface area contributed by atoms with E-state index in [2.05, 4.69) is 29.4 Å². The highest BCUT2D eigenvalue weighted by Gasteiger charge is 2.50. The second-order valence-electron chi connectivity index (χ2n) is 7.62. The number of urea groups is 1. The van der Waals surface area contributed by atoms with E-state index in [0.717, 1.165) is 36.7 Å².